The molecule has 0 aliphatic carbocycles. The lowest BCUT2D eigenvalue weighted by molar-refractivity contribution is 0.146. The number of benzene rings is 1. The molecule has 0 spiro atoms. The molecule has 0 fully saturated rings. The maximum Gasteiger partial charge on any atom is 0.280 e. The van der Waals surface area contributed by atoms with E-state index in [-0.39, 0.29) is 11.1 Å². The normalized spacial score (nSPS) is 12.1. The molecule has 1 heterocycles. The topological polar surface area (TPSA) is 24.9 Å². The monoisotopic (exact) mass is 292 g/mol. The summed E-state index contributed by atoms with van der Waals surface area (Å²) in [6, 6.07) is 7.33. The van der Waals surface area contributed by atoms with E-state index in [1.165, 1.54) is 6.07 Å². The highest BCUT2D eigenvalue weighted by atomic mass is 19.3. The summed E-state index contributed by atoms with van der Waals surface area (Å²) in [5, 5.41) is 4.14. The van der Waals surface area contributed by atoms with Gasteiger partial charge in [-0.05, 0) is 23.5 Å². The highest BCUT2D eigenvalue weighted by molar-refractivity contribution is 5.94. The maximum absolute atomic E-state index is 13.1. The number of pyridine rings is 1. The van der Waals surface area contributed by atoms with Crippen LogP contribution < -0.4 is 5.32 Å². The summed E-state index contributed by atoms with van der Waals surface area (Å²) < 4.78 is 26.3. The molecule has 2 nitrogen and oxygen atoms in total. The number of hydrogen-bond donors (Lipinski definition) is 1. The second kappa shape index (κ2) is 5.96. The third kappa shape index (κ3) is 3.31. The Morgan fingerprint density at radius 1 is 1.24 bits per heavy atom. The molecule has 0 atom stereocenters. The zero-order valence-electron chi connectivity index (χ0n) is 13.0. The van der Waals surface area contributed by atoms with Crippen LogP contribution in [0.2, 0.25) is 0 Å². The first-order valence-corrected chi connectivity index (χ1v) is 7.30. The molecule has 1 N–H and O–H groups in total. The van der Waals surface area contributed by atoms with Gasteiger partial charge in [0.25, 0.3) is 6.43 Å². The van der Waals surface area contributed by atoms with Crippen LogP contribution in [0.1, 0.15) is 51.8 Å². The molecule has 0 amide bonds. The number of halogens is 2. The first-order valence-electron chi connectivity index (χ1n) is 7.30. The summed E-state index contributed by atoms with van der Waals surface area (Å²) in [5.74, 6) is 0. The van der Waals surface area contributed by atoms with Crippen molar-refractivity contribution >= 4 is 16.6 Å². The van der Waals surface area contributed by atoms with Crippen LogP contribution in [0.4, 0.5) is 14.5 Å². The molecule has 0 saturated heterocycles. The van der Waals surface area contributed by atoms with Crippen molar-refractivity contribution in [3.63, 3.8) is 0 Å². The van der Waals surface area contributed by atoms with Gasteiger partial charge in [-0.25, -0.2) is 13.8 Å². The summed E-state index contributed by atoms with van der Waals surface area (Å²) >= 11 is 0. The number of hydrogen-bond acceptors (Lipinski definition) is 2. The van der Waals surface area contributed by atoms with E-state index in [4.69, 9.17) is 0 Å². The summed E-state index contributed by atoms with van der Waals surface area (Å²) in [6.45, 7) is 9.00. The zero-order valence-corrected chi connectivity index (χ0v) is 13.0. The Kier molecular flexibility index (Phi) is 4.45. The Labute approximate surface area is 124 Å². The minimum atomic E-state index is -2.57. The summed E-state index contributed by atoms with van der Waals surface area (Å²) in [7, 11) is 0. The van der Waals surface area contributed by atoms with E-state index in [1.54, 1.807) is 0 Å². The summed E-state index contributed by atoms with van der Waals surface area (Å²) in [6.07, 6.45) is -1.63. The van der Waals surface area contributed by atoms with Crippen LogP contribution in [-0.2, 0) is 5.41 Å². The van der Waals surface area contributed by atoms with Gasteiger partial charge in [0, 0.05) is 17.6 Å². The molecule has 0 aliphatic rings. The Morgan fingerprint density at radius 3 is 2.52 bits per heavy atom. The van der Waals surface area contributed by atoms with E-state index in [0.29, 0.717) is 5.52 Å². The van der Waals surface area contributed by atoms with Crippen LogP contribution >= 0.6 is 0 Å². The van der Waals surface area contributed by atoms with Crippen molar-refractivity contribution in [2.24, 2.45) is 0 Å². The standard InChI is InChI=1S/C17H22F2N2/c1-5-9-20-13-10-14(16(18)19)21-15-11(13)7-6-8-12(15)17(2,3)4/h6-8,10,16H,5,9H2,1-4H3,(H,20,21). The Balaban J connectivity index is 2.72. The number of anilines is 1. The molecular weight excluding hydrogens is 270 g/mol. The van der Waals surface area contributed by atoms with Crippen LogP contribution in [0.15, 0.2) is 24.3 Å². The fraction of sp³-hybridized carbons (Fsp3) is 0.471. The first kappa shape index (κ1) is 15.7. The molecular formula is C17H22F2N2. The lowest BCUT2D eigenvalue weighted by Gasteiger charge is -2.22. The number of fused-ring (bicyclic) bond motifs is 1. The number of alkyl halides is 2. The third-order valence-corrected chi connectivity index (χ3v) is 3.46. The van der Waals surface area contributed by atoms with Gasteiger partial charge in [-0.3, -0.25) is 0 Å². The predicted octanol–water partition coefficient (Wildman–Crippen LogP) is 5.29. The van der Waals surface area contributed by atoms with Gasteiger partial charge in [-0.2, -0.15) is 0 Å². The fourth-order valence-electron chi connectivity index (χ4n) is 2.39. The fourth-order valence-corrected chi connectivity index (χ4v) is 2.39. The van der Waals surface area contributed by atoms with E-state index >= 15 is 0 Å². The van der Waals surface area contributed by atoms with Crippen LogP contribution in [-0.4, -0.2) is 11.5 Å². The molecule has 4 heteroatoms. The van der Waals surface area contributed by atoms with E-state index in [9.17, 15) is 8.78 Å². The summed E-state index contributed by atoms with van der Waals surface area (Å²) in [4.78, 5) is 4.22. The lowest BCUT2D eigenvalue weighted by atomic mass is 9.85. The quantitative estimate of drug-likeness (QED) is 0.828. The average molecular weight is 292 g/mol. The lowest BCUT2D eigenvalue weighted by Crippen LogP contribution is -2.13. The smallest absolute Gasteiger partial charge is 0.280 e. The average Bonchev–Trinajstić information content (AvgIpc) is 2.42. The van der Waals surface area contributed by atoms with Crippen LogP contribution in [0.25, 0.3) is 10.9 Å². The minimum Gasteiger partial charge on any atom is -0.384 e. The molecule has 21 heavy (non-hydrogen) atoms. The molecule has 114 valence electrons. The number of para-hydroxylation sites is 1. The van der Waals surface area contributed by atoms with Crippen molar-refractivity contribution in [1.82, 2.24) is 4.98 Å². The van der Waals surface area contributed by atoms with Crippen molar-refractivity contribution < 1.29 is 8.78 Å². The van der Waals surface area contributed by atoms with Crippen molar-refractivity contribution in [3.8, 4) is 0 Å². The van der Waals surface area contributed by atoms with Gasteiger partial charge in [0.2, 0.25) is 0 Å². The molecule has 0 saturated carbocycles. The molecule has 0 radical (unpaired) electrons. The molecule has 1 aromatic carbocycles. The van der Waals surface area contributed by atoms with Gasteiger partial charge in [-0.1, -0.05) is 45.9 Å². The minimum absolute atomic E-state index is 0.144. The number of nitrogens with one attached hydrogen (secondary N) is 1. The molecule has 2 aromatic rings. The van der Waals surface area contributed by atoms with E-state index in [1.807, 2.05) is 25.1 Å². The summed E-state index contributed by atoms with van der Waals surface area (Å²) in [5.41, 5.74) is 2.08. The third-order valence-electron chi connectivity index (χ3n) is 3.46. The predicted molar refractivity (Wildman–Crippen MR) is 84.2 cm³/mol. The molecule has 0 unspecified atom stereocenters. The van der Waals surface area contributed by atoms with Crippen molar-refractivity contribution in [3.05, 3.63) is 35.5 Å². The largest absolute Gasteiger partial charge is 0.384 e. The molecule has 0 aliphatic heterocycles. The SMILES string of the molecule is CCCNc1cc(C(F)F)nc2c(C(C)(C)C)cccc12. The maximum atomic E-state index is 13.1. The molecule has 1 aromatic heterocycles. The van der Waals surface area contributed by atoms with Crippen LogP contribution in [0.3, 0.4) is 0 Å². The highest BCUT2D eigenvalue weighted by Gasteiger charge is 2.21. The van der Waals surface area contributed by atoms with E-state index in [0.717, 1.165) is 29.6 Å². The number of aromatic nitrogens is 1. The number of rotatable bonds is 4. The Bertz CT molecular complexity index is 630. The Hall–Kier alpha value is -1.71. The number of nitrogens with zero attached hydrogens (tertiary/aromatic N) is 1. The van der Waals surface area contributed by atoms with Gasteiger partial charge in [0.05, 0.1) is 5.52 Å². The van der Waals surface area contributed by atoms with Gasteiger partial charge >= 0.3 is 0 Å². The van der Waals surface area contributed by atoms with E-state index < -0.39 is 6.43 Å². The second-order valence-corrected chi connectivity index (χ2v) is 6.27. The zero-order chi connectivity index (χ0) is 15.6. The first-order chi connectivity index (χ1) is 9.84. The molecule has 2 rings (SSSR count). The van der Waals surface area contributed by atoms with Crippen LogP contribution in [0, 0.1) is 0 Å². The van der Waals surface area contributed by atoms with Gasteiger partial charge < -0.3 is 5.32 Å². The van der Waals surface area contributed by atoms with Crippen LogP contribution in [0.5, 0.6) is 0 Å². The van der Waals surface area contributed by atoms with Gasteiger partial charge in [0.1, 0.15) is 5.69 Å². The Morgan fingerprint density at radius 2 is 1.95 bits per heavy atom. The van der Waals surface area contributed by atoms with E-state index in [2.05, 4.69) is 31.1 Å². The second-order valence-electron chi connectivity index (χ2n) is 6.27. The van der Waals surface area contributed by atoms with Crippen molar-refractivity contribution in [2.75, 3.05) is 11.9 Å². The van der Waals surface area contributed by atoms with Crippen molar-refractivity contribution in [1.29, 1.82) is 0 Å². The van der Waals surface area contributed by atoms with Crippen molar-refractivity contribution in [2.45, 2.75) is 46.0 Å². The highest BCUT2D eigenvalue weighted by Crippen LogP contribution is 2.34. The van der Waals surface area contributed by atoms with Gasteiger partial charge in [0.15, 0.2) is 0 Å². The molecule has 0 bridgehead atoms. The van der Waals surface area contributed by atoms with Gasteiger partial charge in [-0.15, -0.1) is 0 Å².